The fourth-order valence-corrected chi connectivity index (χ4v) is 0.536. The Morgan fingerprint density at radius 3 is 1.92 bits per heavy atom. The van der Waals surface area contributed by atoms with Gasteiger partial charge in [0.15, 0.2) is 0 Å². The molecule has 3 N–H and O–H groups in total. The van der Waals surface area contributed by atoms with Crippen LogP contribution in [0.15, 0.2) is 0 Å². The molecule has 0 aromatic carbocycles. The lowest BCUT2D eigenvalue weighted by Gasteiger charge is -2.14. The van der Waals surface area contributed by atoms with Crippen molar-refractivity contribution in [2.45, 2.75) is 27.2 Å². The molecule has 12 heavy (non-hydrogen) atoms. The molecule has 0 rings (SSSR count). The van der Waals surface area contributed by atoms with E-state index in [0.717, 1.165) is 6.54 Å². The van der Waals surface area contributed by atoms with Gasteiger partial charge in [-0.3, -0.25) is 4.79 Å². The average molecular weight is 175 g/mol. The third-order valence-corrected chi connectivity index (χ3v) is 1.24. The molecule has 4 heteroatoms. The van der Waals surface area contributed by atoms with Crippen LogP contribution in [0.2, 0.25) is 0 Å². The second-order valence-electron chi connectivity index (χ2n) is 3.37. The van der Waals surface area contributed by atoms with E-state index >= 15 is 0 Å². The molecule has 0 saturated heterocycles. The quantitative estimate of drug-likeness (QED) is 0.524. The van der Waals surface area contributed by atoms with E-state index in [2.05, 4.69) is 5.73 Å². The lowest BCUT2D eigenvalue weighted by Crippen LogP contribution is -2.51. The van der Waals surface area contributed by atoms with Gasteiger partial charge in [-0.05, 0) is 0 Å². The normalized spacial score (nSPS) is 9.67. The third kappa shape index (κ3) is 9.10. The minimum atomic E-state index is -0.500. The van der Waals surface area contributed by atoms with Crippen molar-refractivity contribution in [3.63, 3.8) is 0 Å². The van der Waals surface area contributed by atoms with E-state index in [1.807, 2.05) is 20.8 Å². The SMILES string of the molecule is CC(C)(C)C(=O)CC[NH3+].O=C[O-]. The molecule has 0 radical (unpaired) electrons. The number of ketones is 1. The number of carbonyl (C=O) groups excluding carboxylic acids is 2. The van der Waals surface area contributed by atoms with Crippen molar-refractivity contribution in [3.05, 3.63) is 0 Å². The molecule has 0 atom stereocenters. The second kappa shape index (κ2) is 6.79. The van der Waals surface area contributed by atoms with Gasteiger partial charge in [-0.1, -0.05) is 20.8 Å². The van der Waals surface area contributed by atoms with Gasteiger partial charge in [0.2, 0.25) is 0 Å². The Morgan fingerprint density at radius 1 is 1.50 bits per heavy atom. The summed E-state index contributed by atoms with van der Waals surface area (Å²) in [5.74, 6) is 0.303. The second-order valence-corrected chi connectivity index (χ2v) is 3.37. The predicted molar refractivity (Wildman–Crippen MR) is 42.9 cm³/mol. The summed E-state index contributed by atoms with van der Waals surface area (Å²) in [5.41, 5.74) is 3.45. The van der Waals surface area contributed by atoms with Gasteiger partial charge in [0.1, 0.15) is 5.78 Å². The fraction of sp³-hybridized carbons (Fsp3) is 0.750. The van der Waals surface area contributed by atoms with Crippen LogP contribution in [-0.4, -0.2) is 18.8 Å². The third-order valence-electron chi connectivity index (χ3n) is 1.24. The summed E-state index contributed by atoms with van der Waals surface area (Å²) in [6.45, 7) is 6.02. The van der Waals surface area contributed by atoms with Crippen molar-refractivity contribution < 1.29 is 20.4 Å². The first kappa shape index (κ1) is 13.7. The van der Waals surface area contributed by atoms with Crippen LogP contribution in [0.4, 0.5) is 0 Å². The Labute approximate surface area is 72.8 Å². The minimum Gasteiger partial charge on any atom is -0.554 e. The Morgan fingerprint density at radius 2 is 1.83 bits per heavy atom. The van der Waals surface area contributed by atoms with Gasteiger partial charge in [0.25, 0.3) is 0 Å². The Balaban J connectivity index is 0. The maximum absolute atomic E-state index is 11.0. The lowest BCUT2D eigenvalue weighted by molar-refractivity contribution is -0.366. The summed E-state index contributed by atoms with van der Waals surface area (Å²) >= 11 is 0. The van der Waals surface area contributed by atoms with Crippen molar-refractivity contribution in [3.8, 4) is 0 Å². The first-order valence-corrected chi connectivity index (χ1v) is 3.78. The summed E-state index contributed by atoms with van der Waals surface area (Å²) in [7, 11) is 0. The molecular weight excluding hydrogens is 158 g/mol. The first-order valence-electron chi connectivity index (χ1n) is 3.78. The highest BCUT2D eigenvalue weighted by Gasteiger charge is 2.19. The van der Waals surface area contributed by atoms with Crippen molar-refractivity contribution in [1.82, 2.24) is 0 Å². The van der Waals surface area contributed by atoms with E-state index in [1.165, 1.54) is 0 Å². The molecule has 0 amide bonds. The topological polar surface area (TPSA) is 84.8 Å². The largest absolute Gasteiger partial charge is 0.554 e. The number of hydrogen-bond acceptors (Lipinski definition) is 3. The highest BCUT2D eigenvalue weighted by Crippen LogP contribution is 2.15. The van der Waals surface area contributed by atoms with E-state index in [0.29, 0.717) is 12.2 Å². The van der Waals surface area contributed by atoms with Gasteiger partial charge in [-0.25, -0.2) is 0 Å². The van der Waals surface area contributed by atoms with Crippen LogP contribution in [0, 0.1) is 5.41 Å². The molecular formula is C8H17NO3. The molecule has 0 aromatic heterocycles. The molecule has 72 valence electrons. The number of rotatable bonds is 2. The molecule has 0 aromatic rings. The van der Waals surface area contributed by atoms with E-state index in [-0.39, 0.29) is 5.41 Å². The zero-order valence-electron chi connectivity index (χ0n) is 7.92. The van der Waals surface area contributed by atoms with Crippen molar-refractivity contribution in [1.29, 1.82) is 0 Å². The summed E-state index contributed by atoms with van der Waals surface area (Å²) in [4.78, 5) is 19.3. The van der Waals surface area contributed by atoms with Crippen LogP contribution >= 0.6 is 0 Å². The Bertz CT molecular complexity index is 138. The summed E-state index contributed by atoms with van der Waals surface area (Å²) in [5, 5.41) is 8.25. The van der Waals surface area contributed by atoms with E-state index in [9.17, 15) is 4.79 Å². The Kier molecular flexibility index (Phi) is 7.73. The van der Waals surface area contributed by atoms with Crippen LogP contribution in [0.5, 0.6) is 0 Å². The van der Waals surface area contributed by atoms with Gasteiger partial charge >= 0.3 is 0 Å². The first-order chi connectivity index (χ1) is 5.40. The Hall–Kier alpha value is -0.900. The number of carboxylic acid groups (broad SMARTS) is 1. The monoisotopic (exact) mass is 175 g/mol. The van der Waals surface area contributed by atoms with Crippen LogP contribution in [-0.2, 0) is 9.59 Å². The highest BCUT2D eigenvalue weighted by molar-refractivity contribution is 5.83. The van der Waals surface area contributed by atoms with Crippen LogP contribution in [0.3, 0.4) is 0 Å². The number of hydrogen-bond donors (Lipinski definition) is 1. The molecule has 0 spiro atoms. The molecule has 0 unspecified atom stereocenters. The summed E-state index contributed by atoms with van der Waals surface area (Å²) in [6, 6.07) is 0. The standard InChI is InChI=1S/C7H15NO.CH2O2/c1-7(2,3)6(9)4-5-8;2-1-3/h4-5,8H2,1-3H3;1H,(H,2,3). The summed E-state index contributed by atoms with van der Waals surface area (Å²) in [6.07, 6.45) is 0.615. The average Bonchev–Trinajstić information content (AvgIpc) is 1.88. The lowest BCUT2D eigenvalue weighted by atomic mass is 9.89. The van der Waals surface area contributed by atoms with E-state index < -0.39 is 6.47 Å². The van der Waals surface area contributed by atoms with E-state index in [1.54, 1.807) is 0 Å². The molecule has 0 aliphatic carbocycles. The zero-order chi connectivity index (χ0) is 10.2. The molecule has 0 fully saturated rings. The smallest absolute Gasteiger partial charge is 0.143 e. The molecule has 0 bridgehead atoms. The molecule has 4 nitrogen and oxygen atoms in total. The van der Waals surface area contributed by atoms with Crippen LogP contribution in [0.1, 0.15) is 27.2 Å². The van der Waals surface area contributed by atoms with Crippen molar-refractivity contribution in [2.75, 3.05) is 6.54 Å². The van der Waals surface area contributed by atoms with Crippen molar-refractivity contribution >= 4 is 12.3 Å². The van der Waals surface area contributed by atoms with Crippen LogP contribution < -0.4 is 10.8 Å². The zero-order valence-corrected chi connectivity index (χ0v) is 7.92. The number of Topliss-reactive ketones (excluding diaryl/α,β-unsaturated/α-hetero) is 1. The van der Waals surface area contributed by atoms with Crippen LogP contribution in [0.25, 0.3) is 0 Å². The molecule has 0 heterocycles. The highest BCUT2D eigenvalue weighted by atomic mass is 16.3. The van der Waals surface area contributed by atoms with Gasteiger partial charge in [-0.2, -0.15) is 0 Å². The summed E-state index contributed by atoms with van der Waals surface area (Å²) < 4.78 is 0. The van der Waals surface area contributed by atoms with E-state index in [4.69, 9.17) is 9.90 Å². The predicted octanol–water partition coefficient (Wildman–Crippen LogP) is -1.40. The van der Waals surface area contributed by atoms with Gasteiger partial charge in [-0.15, -0.1) is 0 Å². The maximum atomic E-state index is 11.0. The fourth-order valence-electron chi connectivity index (χ4n) is 0.536. The number of quaternary nitrogens is 1. The van der Waals surface area contributed by atoms with Gasteiger partial charge < -0.3 is 15.6 Å². The minimum absolute atomic E-state index is 0.169. The van der Waals surface area contributed by atoms with Gasteiger partial charge in [0.05, 0.1) is 13.0 Å². The molecule has 0 saturated carbocycles. The van der Waals surface area contributed by atoms with Crippen molar-refractivity contribution in [2.24, 2.45) is 5.41 Å². The van der Waals surface area contributed by atoms with Gasteiger partial charge in [0, 0.05) is 11.9 Å². The molecule has 0 aliphatic heterocycles. The number of carbonyl (C=O) groups is 2. The molecule has 0 aliphatic rings. The maximum Gasteiger partial charge on any atom is 0.143 e.